The van der Waals surface area contributed by atoms with E-state index in [1.54, 1.807) is 0 Å². The second-order valence-corrected chi connectivity index (χ2v) is 5.36. The van der Waals surface area contributed by atoms with Crippen molar-refractivity contribution in [1.29, 1.82) is 0 Å². The summed E-state index contributed by atoms with van der Waals surface area (Å²) in [6.45, 7) is 6.00. The van der Waals surface area contributed by atoms with Crippen LogP contribution in [0.3, 0.4) is 0 Å². The van der Waals surface area contributed by atoms with E-state index in [0.717, 1.165) is 11.8 Å². The van der Waals surface area contributed by atoms with E-state index in [-0.39, 0.29) is 0 Å². The number of rotatable bonds is 5. The Bertz CT molecular complexity index is 132. The third-order valence-corrected chi connectivity index (χ3v) is 3.89. The number of nitrogens with zero attached hydrogens (tertiary/aromatic N) is 1. The first-order chi connectivity index (χ1) is 6.36. The van der Waals surface area contributed by atoms with E-state index in [0.29, 0.717) is 0 Å². The van der Waals surface area contributed by atoms with Crippen molar-refractivity contribution in [3.63, 3.8) is 0 Å². The van der Waals surface area contributed by atoms with Gasteiger partial charge in [-0.2, -0.15) is 11.8 Å². The van der Waals surface area contributed by atoms with Gasteiger partial charge in [0.25, 0.3) is 0 Å². The smallest absolute Gasteiger partial charge is 0.0263 e. The summed E-state index contributed by atoms with van der Waals surface area (Å²) >= 11 is 7.91. The Morgan fingerprint density at radius 3 is 3.08 bits per heavy atom. The van der Waals surface area contributed by atoms with Crippen molar-refractivity contribution < 1.29 is 0 Å². The lowest BCUT2D eigenvalue weighted by Gasteiger charge is -2.31. The van der Waals surface area contributed by atoms with E-state index in [2.05, 4.69) is 11.8 Å². The molecule has 1 atom stereocenters. The zero-order valence-electron chi connectivity index (χ0n) is 8.47. The minimum atomic E-state index is 0.752. The fourth-order valence-corrected chi connectivity index (χ4v) is 2.75. The van der Waals surface area contributed by atoms with E-state index < -0.39 is 0 Å². The molecule has 0 bridgehead atoms. The summed E-state index contributed by atoms with van der Waals surface area (Å²) in [6, 6.07) is 0. The van der Waals surface area contributed by atoms with Gasteiger partial charge in [0.1, 0.15) is 0 Å². The van der Waals surface area contributed by atoms with Crippen LogP contribution in [0.2, 0.25) is 0 Å². The van der Waals surface area contributed by atoms with Gasteiger partial charge in [0.2, 0.25) is 0 Å². The van der Waals surface area contributed by atoms with Crippen molar-refractivity contribution in [2.45, 2.75) is 19.8 Å². The van der Waals surface area contributed by atoms with Gasteiger partial charge in [0, 0.05) is 24.7 Å². The first-order valence-electron chi connectivity index (χ1n) is 5.23. The van der Waals surface area contributed by atoms with Gasteiger partial charge in [-0.1, -0.05) is 6.92 Å². The summed E-state index contributed by atoms with van der Waals surface area (Å²) in [5.41, 5.74) is 0. The van der Waals surface area contributed by atoms with Gasteiger partial charge in [-0.15, -0.1) is 11.6 Å². The van der Waals surface area contributed by atoms with Crippen molar-refractivity contribution in [1.82, 2.24) is 4.90 Å². The molecular weight excluding hydrogens is 202 g/mol. The molecule has 1 saturated heterocycles. The molecule has 78 valence electrons. The third kappa shape index (κ3) is 4.57. The second kappa shape index (κ2) is 6.97. The number of hydrogen-bond acceptors (Lipinski definition) is 2. The average molecular weight is 222 g/mol. The lowest BCUT2D eigenvalue weighted by molar-refractivity contribution is 0.196. The van der Waals surface area contributed by atoms with E-state index >= 15 is 0 Å². The molecule has 0 aromatic heterocycles. The SMILES string of the molecule is CCSCCN1CCCC(CCl)C1. The maximum absolute atomic E-state index is 5.88. The molecule has 0 N–H and O–H groups in total. The van der Waals surface area contributed by atoms with Crippen molar-refractivity contribution in [2.24, 2.45) is 5.92 Å². The molecular formula is C10H20ClNS. The zero-order chi connectivity index (χ0) is 9.52. The highest BCUT2D eigenvalue weighted by Crippen LogP contribution is 2.17. The van der Waals surface area contributed by atoms with Crippen LogP contribution in [0.5, 0.6) is 0 Å². The molecule has 0 radical (unpaired) electrons. The largest absolute Gasteiger partial charge is 0.302 e. The van der Waals surface area contributed by atoms with Crippen LogP contribution in [0, 0.1) is 5.92 Å². The van der Waals surface area contributed by atoms with Gasteiger partial charge in [0.05, 0.1) is 0 Å². The summed E-state index contributed by atoms with van der Waals surface area (Å²) in [4.78, 5) is 2.57. The van der Waals surface area contributed by atoms with E-state index in [4.69, 9.17) is 11.6 Å². The van der Waals surface area contributed by atoms with Gasteiger partial charge >= 0.3 is 0 Å². The molecule has 1 nitrogen and oxygen atoms in total. The van der Waals surface area contributed by atoms with Crippen LogP contribution in [-0.2, 0) is 0 Å². The molecule has 0 aromatic rings. The minimum Gasteiger partial charge on any atom is -0.302 e. The summed E-state index contributed by atoms with van der Waals surface area (Å²) in [5, 5.41) is 0. The molecule has 1 fully saturated rings. The Morgan fingerprint density at radius 1 is 1.54 bits per heavy atom. The fourth-order valence-electron chi connectivity index (χ4n) is 1.82. The number of hydrogen-bond donors (Lipinski definition) is 0. The molecule has 0 aromatic carbocycles. The Kier molecular flexibility index (Phi) is 6.26. The summed E-state index contributed by atoms with van der Waals surface area (Å²) in [6.07, 6.45) is 2.68. The number of likely N-dealkylation sites (tertiary alicyclic amines) is 1. The van der Waals surface area contributed by atoms with Gasteiger partial charge < -0.3 is 4.90 Å². The highest BCUT2D eigenvalue weighted by molar-refractivity contribution is 7.99. The molecule has 13 heavy (non-hydrogen) atoms. The molecule has 1 unspecified atom stereocenters. The molecule has 0 aliphatic carbocycles. The van der Waals surface area contributed by atoms with Crippen molar-refractivity contribution in [3.8, 4) is 0 Å². The first kappa shape index (κ1) is 11.7. The third-order valence-electron chi connectivity index (χ3n) is 2.58. The summed E-state index contributed by atoms with van der Waals surface area (Å²) < 4.78 is 0. The first-order valence-corrected chi connectivity index (χ1v) is 6.91. The lowest BCUT2D eigenvalue weighted by Crippen LogP contribution is -2.37. The van der Waals surface area contributed by atoms with Crippen molar-refractivity contribution >= 4 is 23.4 Å². The van der Waals surface area contributed by atoms with E-state index in [1.165, 1.54) is 44.0 Å². The highest BCUT2D eigenvalue weighted by Gasteiger charge is 2.18. The predicted molar refractivity (Wildman–Crippen MR) is 62.9 cm³/mol. The van der Waals surface area contributed by atoms with Crippen LogP contribution in [0.4, 0.5) is 0 Å². The number of alkyl halides is 1. The molecule has 0 spiro atoms. The Morgan fingerprint density at radius 2 is 2.38 bits per heavy atom. The topological polar surface area (TPSA) is 3.24 Å². The van der Waals surface area contributed by atoms with Gasteiger partial charge in [-0.05, 0) is 31.1 Å². The van der Waals surface area contributed by atoms with Gasteiger partial charge in [-0.3, -0.25) is 0 Å². The van der Waals surface area contributed by atoms with Crippen LogP contribution in [-0.4, -0.2) is 41.9 Å². The Hall–Kier alpha value is 0.600. The van der Waals surface area contributed by atoms with Gasteiger partial charge in [0.15, 0.2) is 0 Å². The fraction of sp³-hybridized carbons (Fsp3) is 1.00. The quantitative estimate of drug-likeness (QED) is 0.519. The van der Waals surface area contributed by atoms with Crippen LogP contribution >= 0.6 is 23.4 Å². The van der Waals surface area contributed by atoms with Crippen molar-refractivity contribution in [2.75, 3.05) is 37.0 Å². The molecule has 1 heterocycles. The molecule has 3 heteroatoms. The van der Waals surface area contributed by atoms with Crippen LogP contribution in [0.25, 0.3) is 0 Å². The summed E-state index contributed by atoms with van der Waals surface area (Å²) in [5.74, 6) is 4.12. The van der Waals surface area contributed by atoms with Gasteiger partial charge in [-0.25, -0.2) is 0 Å². The van der Waals surface area contributed by atoms with E-state index in [1.807, 2.05) is 11.8 Å². The normalized spacial score (nSPS) is 24.9. The number of thioether (sulfide) groups is 1. The number of halogens is 1. The molecule has 1 aliphatic rings. The maximum atomic E-state index is 5.88. The van der Waals surface area contributed by atoms with E-state index in [9.17, 15) is 0 Å². The van der Waals surface area contributed by atoms with Crippen LogP contribution in [0.1, 0.15) is 19.8 Å². The molecule has 1 aliphatic heterocycles. The standard InChI is InChI=1S/C10H20ClNS/c1-2-13-7-6-12-5-3-4-10(8-11)9-12/h10H,2-9H2,1H3. The minimum absolute atomic E-state index is 0.752. The van der Waals surface area contributed by atoms with Crippen LogP contribution < -0.4 is 0 Å². The average Bonchev–Trinajstić information content (AvgIpc) is 2.19. The molecule has 0 amide bonds. The zero-order valence-corrected chi connectivity index (χ0v) is 10.0. The summed E-state index contributed by atoms with van der Waals surface area (Å²) in [7, 11) is 0. The van der Waals surface area contributed by atoms with Crippen LogP contribution in [0.15, 0.2) is 0 Å². The highest BCUT2D eigenvalue weighted by atomic mass is 35.5. The lowest BCUT2D eigenvalue weighted by atomic mass is 10.0. The monoisotopic (exact) mass is 221 g/mol. The Balaban J connectivity index is 2.11. The second-order valence-electron chi connectivity index (χ2n) is 3.66. The van der Waals surface area contributed by atoms with Crippen molar-refractivity contribution in [3.05, 3.63) is 0 Å². The maximum Gasteiger partial charge on any atom is 0.0263 e. The number of piperidine rings is 1. The molecule has 1 rings (SSSR count). The Labute approximate surface area is 91.2 Å². The molecule has 0 saturated carbocycles. The predicted octanol–water partition coefficient (Wildman–Crippen LogP) is 2.69.